The number of nitrogens with one attached hydrogen (secondary N) is 3. The van der Waals surface area contributed by atoms with Gasteiger partial charge in [-0.15, -0.1) is 0 Å². The van der Waals surface area contributed by atoms with Crippen molar-refractivity contribution < 1.29 is 19.1 Å². The molecule has 160 valence electrons. The highest BCUT2D eigenvalue weighted by molar-refractivity contribution is 6.05. The molecular weight excluding hydrogens is 394 g/mol. The number of hydrogen-bond donors (Lipinski definition) is 3. The number of carbonyl (C=O) groups is 2. The molecule has 3 N–H and O–H groups in total. The number of carbonyl (C=O) groups excluding carboxylic acids is 2. The van der Waals surface area contributed by atoms with Gasteiger partial charge in [-0.25, -0.2) is 0 Å². The van der Waals surface area contributed by atoms with Crippen molar-refractivity contribution in [2.24, 2.45) is 0 Å². The molecule has 7 heteroatoms. The van der Waals surface area contributed by atoms with Gasteiger partial charge in [0.2, 0.25) is 5.91 Å². The number of benzene rings is 3. The first-order valence-electron chi connectivity index (χ1n) is 9.73. The molecule has 7 nitrogen and oxygen atoms in total. The summed E-state index contributed by atoms with van der Waals surface area (Å²) in [5.74, 6) is 0.441. The Morgan fingerprint density at radius 3 is 2.06 bits per heavy atom. The number of ether oxygens (including phenoxy) is 2. The second kappa shape index (κ2) is 10.2. The Kier molecular flexibility index (Phi) is 7.11. The minimum absolute atomic E-state index is 0.0313. The van der Waals surface area contributed by atoms with E-state index in [0.717, 1.165) is 11.3 Å². The smallest absolute Gasteiger partial charge is 0.255 e. The number of amides is 2. The van der Waals surface area contributed by atoms with Crippen LogP contribution >= 0.6 is 0 Å². The van der Waals surface area contributed by atoms with Crippen LogP contribution in [0.5, 0.6) is 11.5 Å². The van der Waals surface area contributed by atoms with Gasteiger partial charge in [-0.2, -0.15) is 0 Å². The van der Waals surface area contributed by atoms with Crippen LogP contribution in [0.3, 0.4) is 0 Å². The molecule has 3 rings (SSSR count). The van der Waals surface area contributed by atoms with E-state index >= 15 is 0 Å². The lowest BCUT2D eigenvalue weighted by molar-refractivity contribution is -0.114. The molecule has 31 heavy (non-hydrogen) atoms. The lowest BCUT2D eigenvalue weighted by atomic mass is 10.2. The fourth-order valence-corrected chi connectivity index (χ4v) is 3.00. The molecule has 0 unspecified atom stereocenters. The summed E-state index contributed by atoms with van der Waals surface area (Å²) in [5.41, 5.74) is 3.30. The maximum Gasteiger partial charge on any atom is 0.255 e. The molecule has 0 saturated heterocycles. The molecule has 0 spiro atoms. The van der Waals surface area contributed by atoms with E-state index in [2.05, 4.69) is 16.0 Å². The van der Waals surface area contributed by atoms with Gasteiger partial charge in [0.25, 0.3) is 5.91 Å². The van der Waals surface area contributed by atoms with Crippen LogP contribution in [0.25, 0.3) is 0 Å². The maximum absolute atomic E-state index is 12.5. The average molecular weight is 419 g/mol. The molecule has 2 amide bonds. The Bertz CT molecular complexity index is 1070. The highest BCUT2D eigenvalue weighted by atomic mass is 16.5. The number of rotatable bonds is 8. The van der Waals surface area contributed by atoms with E-state index in [0.29, 0.717) is 28.4 Å². The summed E-state index contributed by atoms with van der Waals surface area (Å²) in [5, 5.41) is 8.76. The van der Waals surface area contributed by atoms with Gasteiger partial charge in [0, 0.05) is 23.4 Å². The molecule has 0 aliphatic heterocycles. The Labute approximate surface area is 181 Å². The Morgan fingerprint density at radius 2 is 1.39 bits per heavy atom. The Hall–Kier alpha value is -4.00. The van der Waals surface area contributed by atoms with Crippen LogP contribution in [0, 0.1) is 6.92 Å². The Morgan fingerprint density at radius 1 is 0.774 bits per heavy atom. The zero-order valence-corrected chi connectivity index (χ0v) is 17.7. The van der Waals surface area contributed by atoms with Crippen molar-refractivity contribution in [1.82, 2.24) is 0 Å². The molecule has 0 radical (unpaired) electrons. The van der Waals surface area contributed by atoms with Crippen molar-refractivity contribution in [3.05, 3.63) is 77.9 Å². The van der Waals surface area contributed by atoms with Gasteiger partial charge >= 0.3 is 0 Å². The summed E-state index contributed by atoms with van der Waals surface area (Å²) >= 11 is 0. The van der Waals surface area contributed by atoms with Crippen LogP contribution in [0.4, 0.5) is 17.1 Å². The van der Waals surface area contributed by atoms with Crippen LogP contribution in [0.15, 0.2) is 66.7 Å². The van der Waals surface area contributed by atoms with E-state index in [4.69, 9.17) is 9.47 Å². The first-order valence-corrected chi connectivity index (χ1v) is 9.73. The zero-order valence-electron chi connectivity index (χ0n) is 17.7. The van der Waals surface area contributed by atoms with Crippen LogP contribution in [-0.4, -0.2) is 32.6 Å². The SMILES string of the molecule is COc1cc(NC(=O)c2ccccc2)c(OC)cc1NCC(=O)Nc1ccccc1C. The highest BCUT2D eigenvalue weighted by Gasteiger charge is 2.15. The van der Waals surface area contributed by atoms with E-state index in [1.54, 1.807) is 36.4 Å². The summed E-state index contributed by atoms with van der Waals surface area (Å²) < 4.78 is 10.9. The van der Waals surface area contributed by atoms with Crippen LogP contribution in [0.1, 0.15) is 15.9 Å². The molecule has 0 fully saturated rings. The topological polar surface area (TPSA) is 88.7 Å². The van der Waals surface area contributed by atoms with Crippen molar-refractivity contribution >= 4 is 28.9 Å². The number of aryl methyl sites for hydroxylation is 1. The first-order chi connectivity index (χ1) is 15.0. The van der Waals surface area contributed by atoms with Crippen molar-refractivity contribution in [3.8, 4) is 11.5 Å². The van der Waals surface area contributed by atoms with Gasteiger partial charge in [0.15, 0.2) is 0 Å². The minimum atomic E-state index is -0.265. The number of para-hydroxylation sites is 1. The van der Waals surface area contributed by atoms with Gasteiger partial charge < -0.3 is 25.4 Å². The third kappa shape index (κ3) is 5.54. The lowest BCUT2D eigenvalue weighted by Crippen LogP contribution is -2.22. The van der Waals surface area contributed by atoms with E-state index in [1.807, 2.05) is 37.3 Å². The second-order valence-corrected chi connectivity index (χ2v) is 6.79. The highest BCUT2D eigenvalue weighted by Crippen LogP contribution is 2.36. The predicted octanol–water partition coefficient (Wildman–Crippen LogP) is 4.32. The largest absolute Gasteiger partial charge is 0.495 e. The quantitative estimate of drug-likeness (QED) is 0.506. The second-order valence-electron chi connectivity index (χ2n) is 6.79. The summed E-state index contributed by atoms with van der Waals surface area (Å²) in [7, 11) is 3.03. The van der Waals surface area contributed by atoms with E-state index in [9.17, 15) is 9.59 Å². The van der Waals surface area contributed by atoms with Crippen molar-refractivity contribution in [3.63, 3.8) is 0 Å². The number of hydrogen-bond acceptors (Lipinski definition) is 5. The third-order valence-corrected chi connectivity index (χ3v) is 4.66. The summed E-state index contributed by atoms with van der Waals surface area (Å²) in [6, 6.07) is 19.8. The van der Waals surface area contributed by atoms with Crippen LogP contribution in [-0.2, 0) is 4.79 Å². The molecule has 3 aromatic rings. The molecule has 0 aliphatic rings. The standard InChI is InChI=1S/C24H25N3O4/c1-16-9-7-8-12-18(16)26-23(28)15-25-19-13-22(31-3)20(14-21(19)30-2)27-24(29)17-10-5-4-6-11-17/h4-14,25H,15H2,1-3H3,(H,26,28)(H,27,29). The fourth-order valence-electron chi connectivity index (χ4n) is 3.00. The average Bonchev–Trinajstić information content (AvgIpc) is 2.79. The maximum atomic E-state index is 12.5. The molecule has 0 bridgehead atoms. The van der Waals surface area contributed by atoms with Gasteiger partial charge in [-0.3, -0.25) is 9.59 Å². The number of methoxy groups -OCH3 is 2. The summed E-state index contributed by atoms with van der Waals surface area (Å²) in [4.78, 5) is 24.9. The van der Waals surface area contributed by atoms with Gasteiger partial charge in [0.1, 0.15) is 11.5 Å². The normalized spacial score (nSPS) is 10.2. The lowest BCUT2D eigenvalue weighted by Gasteiger charge is -2.17. The van der Waals surface area contributed by atoms with Crippen molar-refractivity contribution in [2.75, 3.05) is 36.7 Å². The molecule has 0 heterocycles. The summed E-state index contributed by atoms with van der Waals surface area (Å²) in [6.07, 6.45) is 0. The van der Waals surface area contributed by atoms with Crippen molar-refractivity contribution in [1.29, 1.82) is 0 Å². The third-order valence-electron chi connectivity index (χ3n) is 4.66. The zero-order chi connectivity index (χ0) is 22.2. The minimum Gasteiger partial charge on any atom is -0.495 e. The van der Waals surface area contributed by atoms with E-state index in [1.165, 1.54) is 14.2 Å². The molecular formula is C24H25N3O4. The van der Waals surface area contributed by atoms with Crippen LogP contribution < -0.4 is 25.4 Å². The molecule has 0 saturated carbocycles. The monoisotopic (exact) mass is 419 g/mol. The van der Waals surface area contributed by atoms with Crippen LogP contribution in [0.2, 0.25) is 0 Å². The van der Waals surface area contributed by atoms with Crippen molar-refractivity contribution in [2.45, 2.75) is 6.92 Å². The molecule has 3 aromatic carbocycles. The van der Waals surface area contributed by atoms with E-state index in [-0.39, 0.29) is 18.4 Å². The number of anilines is 3. The fraction of sp³-hybridized carbons (Fsp3) is 0.167. The van der Waals surface area contributed by atoms with Gasteiger partial charge in [-0.1, -0.05) is 36.4 Å². The van der Waals surface area contributed by atoms with E-state index < -0.39 is 0 Å². The first kappa shape index (κ1) is 21.7. The predicted molar refractivity (Wildman–Crippen MR) is 122 cm³/mol. The molecule has 0 aliphatic carbocycles. The molecule has 0 atom stereocenters. The molecule has 0 aromatic heterocycles. The van der Waals surface area contributed by atoms with Gasteiger partial charge in [0.05, 0.1) is 32.1 Å². The Balaban J connectivity index is 1.73. The van der Waals surface area contributed by atoms with Gasteiger partial charge in [-0.05, 0) is 30.7 Å². The summed E-state index contributed by atoms with van der Waals surface area (Å²) in [6.45, 7) is 1.96.